The summed E-state index contributed by atoms with van der Waals surface area (Å²) in [6.07, 6.45) is 0.238. The van der Waals surface area contributed by atoms with Crippen LogP contribution < -0.4 is 20.1 Å². The van der Waals surface area contributed by atoms with Gasteiger partial charge in [-0.15, -0.1) is 0 Å². The maximum Gasteiger partial charge on any atom is 0.254 e. The van der Waals surface area contributed by atoms with Gasteiger partial charge in [0.2, 0.25) is 11.8 Å². The van der Waals surface area contributed by atoms with Crippen LogP contribution in [0.5, 0.6) is 11.5 Å². The van der Waals surface area contributed by atoms with Gasteiger partial charge < -0.3 is 25.0 Å². The molecule has 1 aliphatic heterocycles. The van der Waals surface area contributed by atoms with Crippen LogP contribution in [0.4, 0.5) is 0 Å². The summed E-state index contributed by atoms with van der Waals surface area (Å²) in [5.41, 5.74) is 2.92. The van der Waals surface area contributed by atoms with E-state index in [1.807, 2.05) is 67.6 Å². The van der Waals surface area contributed by atoms with Crippen molar-refractivity contribution < 1.29 is 23.9 Å². The van der Waals surface area contributed by atoms with E-state index >= 15 is 0 Å². The molecule has 0 unspecified atom stereocenters. The Morgan fingerprint density at radius 3 is 2.60 bits per heavy atom. The first-order chi connectivity index (χ1) is 20.3. The van der Waals surface area contributed by atoms with Gasteiger partial charge in [-0.2, -0.15) is 0 Å². The molecule has 2 N–H and O–H groups in total. The van der Waals surface area contributed by atoms with Crippen molar-refractivity contribution in [2.45, 2.75) is 38.4 Å². The minimum absolute atomic E-state index is 0.0716. The average molecular weight is 566 g/mol. The van der Waals surface area contributed by atoms with E-state index < -0.39 is 6.04 Å². The zero-order chi connectivity index (χ0) is 29.6. The highest BCUT2D eigenvalue weighted by Gasteiger charge is 2.29. The van der Waals surface area contributed by atoms with Crippen LogP contribution in [-0.4, -0.2) is 55.5 Å². The molecule has 5 rings (SSSR count). The summed E-state index contributed by atoms with van der Waals surface area (Å²) in [6, 6.07) is 25.5. The first-order valence-corrected chi connectivity index (χ1v) is 14.1. The predicted octanol–water partition coefficient (Wildman–Crippen LogP) is 4.95. The molecule has 8 heteroatoms. The Balaban J connectivity index is 1.45. The van der Waals surface area contributed by atoms with Crippen molar-refractivity contribution in [2.24, 2.45) is 0 Å². The summed E-state index contributed by atoms with van der Waals surface area (Å²) >= 11 is 0. The Morgan fingerprint density at radius 2 is 1.76 bits per heavy atom. The Hall–Kier alpha value is -4.85. The SMILES string of the molecule is COc1ccc2c(c1)-c1cccc(c1)C(=O)N(C)[C@H](C(=O)NCc1cccc3ccccc13)CCC(=O)N[C@H](C)CO2. The van der Waals surface area contributed by atoms with Gasteiger partial charge in [-0.3, -0.25) is 14.4 Å². The molecule has 0 saturated carbocycles. The van der Waals surface area contributed by atoms with E-state index in [9.17, 15) is 14.4 Å². The van der Waals surface area contributed by atoms with E-state index in [0.717, 1.165) is 27.5 Å². The summed E-state index contributed by atoms with van der Waals surface area (Å²) in [6.45, 7) is 2.41. The molecule has 216 valence electrons. The number of benzene rings is 4. The van der Waals surface area contributed by atoms with Crippen LogP contribution in [0.15, 0.2) is 84.9 Å². The third kappa shape index (κ3) is 6.38. The molecule has 0 radical (unpaired) electrons. The fraction of sp³-hybridized carbons (Fsp3) is 0.265. The zero-order valence-electron chi connectivity index (χ0n) is 24.1. The van der Waals surface area contributed by atoms with Gasteiger partial charge in [0.25, 0.3) is 5.91 Å². The largest absolute Gasteiger partial charge is 0.497 e. The summed E-state index contributed by atoms with van der Waals surface area (Å²) in [4.78, 5) is 41.7. The van der Waals surface area contributed by atoms with Crippen molar-refractivity contribution in [2.75, 3.05) is 20.8 Å². The van der Waals surface area contributed by atoms with Gasteiger partial charge in [-0.1, -0.05) is 54.6 Å². The van der Waals surface area contributed by atoms with Gasteiger partial charge in [0.1, 0.15) is 24.1 Å². The number of fused-ring (bicyclic) bond motifs is 5. The van der Waals surface area contributed by atoms with Gasteiger partial charge in [-0.05, 0) is 65.6 Å². The zero-order valence-corrected chi connectivity index (χ0v) is 24.1. The lowest BCUT2D eigenvalue weighted by molar-refractivity contribution is -0.126. The number of hydrogen-bond acceptors (Lipinski definition) is 5. The first-order valence-electron chi connectivity index (χ1n) is 14.1. The number of hydrogen-bond donors (Lipinski definition) is 2. The quantitative estimate of drug-likeness (QED) is 0.365. The van der Waals surface area contributed by atoms with Crippen LogP contribution in [0.2, 0.25) is 0 Å². The van der Waals surface area contributed by atoms with Crippen molar-refractivity contribution in [1.29, 1.82) is 0 Å². The molecule has 2 bridgehead atoms. The van der Waals surface area contributed by atoms with Crippen molar-refractivity contribution >= 4 is 28.5 Å². The molecular formula is C34H35N3O5. The minimum atomic E-state index is -0.856. The van der Waals surface area contributed by atoms with Crippen LogP contribution >= 0.6 is 0 Å². The van der Waals surface area contributed by atoms with E-state index in [1.54, 1.807) is 38.4 Å². The second kappa shape index (κ2) is 12.8. The molecule has 4 aromatic rings. The molecule has 1 heterocycles. The predicted molar refractivity (Wildman–Crippen MR) is 162 cm³/mol. The van der Waals surface area contributed by atoms with Crippen LogP contribution in [0.1, 0.15) is 35.7 Å². The minimum Gasteiger partial charge on any atom is -0.497 e. The molecule has 42 heavy (non-hydrogen) atoms. The summed E-state index contributed by atoms with van der Waals surface area (Å²) in [5, 5.41) is 8.10. The summed E-state index contributed by atoms with van der Waals surface area (Å²) in [5.74, 6) is 0.391. The Kier molecular flexibility index (Phi) is 8.71. The normalized spacial score (nSPS) is 17.7. The lowest BCUT2D eigenvalue weighted by atomic mass is 10.0. The van der Waals surface area contributed by atoms with Crippen LogP contribution in [0.3, 0.4) is 0 Å². The van der Waals surface area contributed by atoms with Gasteiger partial charge in [0.05, 0.1) is 13.2 Å². The number of rotatable bonds is 4. The molecule has 8 nitrogen and oxygen atoms in total. The van der Waals surface area contributed by atoms with Gasteiger partial charge >= 0.3 is 0 Å². The first kappa shape index (κ1) is 28.7. The summed E-state index contributed by atoms with van der Waals surface area (Å²) < 4.78 is 11.5. The van der Waals surface area contributed by atoms with E-state index in [2.05, 4.69) is 10.6 Å². The topological polar surface area (TPSA) is 97.0 Å². The van der Waals surface area contributed by atoms with E-state index in [0.29, 0.717) is 23.6 Å². The molecule has 0 fully saturated rings. The highest BCUT2D eigenvalue weighted by molar-refractivity contribution is 5.99. The van der Waals surface area contributed by atoms with Gasteiger partial charge in [0.15, 0.2) is 0 Å². The third-order valence-electron chi connectivity index (χ3n) is 7.57. The Morgan fingerprint density at radius 1 is 1.00 bits per heavy atom. The maximum absolute atomic E-state index is 13.8. The molecule has 0 aromatic heterocycles. The number of likely N-dealkylation sites (N-methyl/N-ethyl adjacent to an activating group) is 1. The molecule has 3 amide bonds. The number of carbonyl (C=O) groups is 3. The molecule has 0 saturated heterocycles. The second-order valence-corrected chi connectivity index (χ2v) is 10.5. The molecule has 2 atom stereocenters. The smallest absolute Gasteiger partial charge is 0.254 e. The van der Waals surface area contributed by atoms with Crippen molar-refractivity contribution in [3.05, 3.63) is 96.1 Å². The second-order valence-electron chi connectivity index (χ2n) is 10.5. The molecule has 1 aliphatic rings. The van der Waals surface area contributed by atoms with Crippen molar-refractivity contribution in [3.63, 3.8) is 0 Å². The average Bonchev–Trinajstić information content (AvgIpc) is 3.02. The van der Waals surface area contributed by atoms with Crippen LogP contribution in [-0.2, 0) is 16.1 Å². The molecule has 4 aromatic carbocycles. The lowest BCUT2D eigenvalue weighted by Gasteiger charge is -2.28. The standard InChI is InChI=1S/C34H35N3O5/c1-22-21-42-31-16-14-27(41-3)19-29(31)24-10-7-11-25(18-24)34(40)37(2)30(15-17-32(38)36-22)33(39)35-20-26-12-6-9-23-8-4-5-13-28(23)26/h4-14,16,18-19,22,30H,15,17,20-21H2,1-3H3,(H,35,39)(H,36,38)/t22-,30+/m1/s1. The fourth-order valence-corrected chi connectivity index (χ4v) is 5.27. The third-order valence-corrected chi connectivity index (χ3v) is 7.57. The summed E-state index contributed by atoms with van der Waals surface area (Å²) in [7, 11) is 3.20. The van der Waals surface area contributed by atoms with Crippen LogP contribution in [0, 0.1) is 0 Å². The van der Waals surface area contributed by atoms with Gasteiger partial charge in [-0.25, -0.2) is 0 Å². The molecular weight excluding hydrogens is 530 g/mol. The number of nitrogens with one attached hydrogen (secondary N) is 2. The molecule has 0 spiro atoms. The highest BCUT2D eigenvalue weighted by Crippen LogP contribution is 2.34. The van der Waals surface area contributed by atoms with Crippen molar-refractivity contribution in [3.8, 4) is 22.6 Å². The Labute approximate surface area is 245 Å². The van der Waals surface area contributed by atoms with Crippen molar-refractivity contribution in [1.82, 2.24) is 15.5 Å². The number of ether oxygens (including phenoxy) is 2. The number of amides is 3. The van der Waals surface area contributed by atoms with E-state index in [1.165, 1.54) is 4.90 Å². The monoisotopic (exact) mass is 565 g/mol. The fourth-order valence-electron chi connectivity index (χ4n) is 5.27. The maximum atomic E-state index is 13.8. The van der Waals surface area contributed by atoms with E-state index in [4.69, 9.17) is 9.47 Å². The molecule has 0 aliphatic carbocycles. The lowest BCUT2D eigenvalue weighted by Crippen LogP contribution is -2.48. The number of methoxy groups -OCH3 is 1. The Bertz CT molecular complexity index is 1610. The number of carbonyl (C=O) groups excluding carboxylic acids is 3. The number of nitrogens with zero attached hydrogens (tertiary/aromatic N) is 1. The van der Waals surface area contributed by atoms with Gasteiger partial charge in [0, 0.05) is 31.1 Å². The van der Waals surface area contributed by atoms with E-state index in [-0.39, 0.29) is 43.2 Å². The van der Waals surface area contributed by atoms with Crippen LogP contribution in [0.25, 0.3) is 21.9 Å². The highest BCUT2D eigenvalue weighted by atomic mass is 16.5.